The maximum Gasteiger partial charge on any atom is 0.339 e. The Morgan fingerprint density at radius 2 is 2.16 bits per heavy atom. The Morgan fingerprint density at radius 3 is 3.00 bits per heavy atom. The highest BCUT2D eigenvalue weighted by Gasteiger charge is 2.24. The molecule has 0 spiro atoms. The van der Waals surface area contributed by atoms with E-state index in [2.05, 4.69) is 27.4 Å². The molecular formula is C22H21N5O3S2. The van der Waals surface area contributed by atoms with Gasteiger partial charge in [0.15, 0.2) is 10.8 Å². The van der Waals surface area contributed by atoms with Gasteiger partial charge in [-0.15, -0.1) is 21.5 Å². The maximum atomic E-state index is 12.5. The van der Waals surface area contributed by atoms with Crippen molar-refractivity contribution in [2.75, 3.05) is 18.2 Å². The Morgan fingerprint density at radius 1 is 1.31 bits per heavy atom. The number of hydrogen-bond donors (Lipinski definition) is 1. The van der Waals surface area contributed by atoms with Crippen LogP contribution in [0.3, 0.4) is 0 Å². The Hall–Kier alpha value is -2.98. The first-order valence-corrected chi connectivity index (χ1v) is 12.1. The molecule has 32 heavy (non-hydrogen) atoms. The second kappa shape index (κ2) is 8.51. The van der Waals surface area contributed by atoms with Gasteiger partial charge in [0, 0.05) is 4.88 Å². The molecule has 1 atom stereocenters. The zero-order valence-electron chi connectivity index (χ0n) is 17.6. The lowest BCUT2D eigenvalue weighted by molar-refractivity contribution is -0.113. The molecule has 164 valence electrons. The topological polar surface area (TPSA) is 98.5 Å². The van der Waals surface area contributed by atoms with E-state index in [0.717, 1.165) is 28.7 Å². The maximum absolute atomic E-state index is 12.5. The summed E-state index contributed by atoms with van der Waals surface area (Å²) in [6, 6.07) is 6.75. The molecule has 1 N–H and O–H groups in total. The molecule has 3 heterocycles. The van der Waals surface area contributed by atoms with Crippen LogP contribution in [0, 0.1) is 5.92 Å². The molecule has 0 bridgehead atoms. The number of methoxy groups -OCH3 is 1. The first-order valence-electron chi connectivity index (χ1n) is 10.3. The van der Waals surface area contributed by atoms with Crippen LogP contribution in [0.2, 0.25) is 0 Å². The Bertz CT molecular complexity index is 1350. The molecule has 4 aromatic rings. The summed E-state index contributed by atoms with van der Waals surface area (Å²) in [5.41, 5.74) is 2.87. The SMILES string of the molecule is COC(=O)c1ccccc1NC(=O)CSc1nnc2c3c4c(sc3ncn12)C[C@@H](C)CC4. The highest BCUT2D eigenvalue weighted by molar-refractivity contribution is 7.99. The molecule has 0 radical (unpaired) electrons. The van der Waals surface area contributed by atoms with E-state index in [1.54, 1.807) is 41.9 Å². The van der Waals surface area contributed by atoms with Crippen LogP contribution in [0.25, 0.3) is 15.9 Å². The summed E-state index contributed by atoms with van der Waals surface area (Å²) >= 11 is 3.03. The van der Waals surface area contributed by atoms with Crippen LogP contribution >= 0.6 is 23.1 Å². The summed E-state index contributed by atoms with van der Waals surface area (Å²) in [6.07, 6.45) is 5.03. The summed E-state index contributed by atoms with van der Waals surface area (Å²) < 4.78 is 6.63. The van der Waals surface area contributed by atoms with Gasteiger partial charge in [0.2, 0.25) is 5.91 Å². The monoisotopic (exact) mass is 467 g/mol. The van der Waals surface area contributed by atoms with Gasteiger partial charge in [-0.25, -0.2) is 9.78 Å². The fraction of sp³-hybridized carbons (Fsp3) is 0.318. The second-order valence-electron chi connectivity index (χ2n) is 7.83. The van der Waals surface area contributed by atoms with Crippen molar-refractivity contribution in [1.29, 1.82) is 0 Å². The quantitative estimate of drug-likeness (QED) is 0.350. The standard InChI is InChI=1S/C22H21N5O3S2/c1-12-7-8-14-16(9-12)32-20-18(14)19-25-26-22(27(19)11-23-20)31-10-17(28)24-15-6-4-3-5-13(15)21(29)30-2/h3-6,11-12H,7-10H2,1-2H3,(H,24,28)/t12-/m0/s1. The average Bonchev–Trinajstić information content (AvgIpc) is 3.37. The van der Waals surface area contributed by atoms with Crippen LogP contribution in [0.15, 0.2) is 35.7 Å². The molecular weight excluding hydrogens is 446 g/mol. The van der Waals surface area contributed by atoms with Gasteiger partial charge in [-0.3, -0.25) is 9.20 Å². The number of esters is 1. The lowest BCUT2D eigenvalue weighted by Crippen LogP contribution is -2.17. The van der Waals surface area contributed by atoms with Gasteiger partial charge in [0.25, 0.3) is 0 Å². The van der Waals surface area contributed by atoms with E-state index >= 15 is 0 Å². The van der Waals surface area contributed by atoms with E-state index in [-0.39, 0.29) is 11.7 Å². The summed E-state index contributed by atoms with van der Waals surface area (Å²) in [5, 5.41) is 13.2. The van der Waals surface area contributed by atoms with Crippen molar-refractivity contribution in [3.05, 3.63) is 46.6 Å². The number of carbonyl (C=O) groups excluding carboxylic acids is 2. The van der Waals surface area contributed by atoms with E-state index in [1.807, 2.05) is 4.40 Å². The third-order valence-electron chi connectivity index (χ3n) is 5.61. The first kappa shape index (κ1) is 20.9. The number of carbonyl (C=O) groups is 2. The van der Waals surface area contributed by atoms with Crippen molar-refractivity contribution in [3.8, 4) is 0 Å². The second-order valence-corrected chi connectivity index (χ2v) is 9.85. The molecule has 1 amide bonds. The molecule has 0 unspecified atom stereocenters. The molecule has 0 aliphatic heterocycles. The largest absolute Gasteiger partial charge is 0.465 e. The Kier molecular flexibility index (Phi) is 5.56. The molecule has 0 fully saturated rings. The minimum absolute atomic E-state index is 0.119. The minimum Gasteiger partial charge on any atom is -0.465 e. The van der Waals surface area contributed by atoms with Crippen LogP contribution in [0.5, 0.6) is 0 Å². The number of aryl methyl sites for hydroxylation is 1. The number of ether oxygens (including phenoxy) is 1. The zero-order chi connectivity index (χ0) is 22.2. The van der Waals surface area contributed by atoms with E-state index in [9.17, 15) is 9.59 Å². The van der Waals surface area contributed by atoms with Crippen LogP contribution in [-0.4, -0.2) is 44.3 Å². The molecule has 10 heteroatoms. The van der Waals surface area contributed by atoms with Crippen molar-refractivity contribution in [2.24, 2.45) is 5.92 Å². The van der Waals surface area contributed by atoms with Crippen LogP contribution in [-0.2, 0) is 22.4 Å². The van der Waals surface area contributed by atoms with Crippen molar-refractivity contribution < 1.29 is 14.3 Å². The highest BCUT2D eigenvalue weighted by Crippen LogP contribution is 2.39. The number of hydrogen-bond acceptors (Lipinski definition) is 8. The Labute approximate surface area is 192 Å². The molecule has 5 rings (SSSR count). The average molecular weight is 468 g/mol. The van der Waals surface area contributed by atoms with E-state index in [4.69, 9.17) is 4.74 Å². The molecule has 1 aliphatic carbocycles. The third-order valence-corrected chi connectivity index (χ3v) is 7.72. The van der Waals surface area contributed by atoms with E-state index in [0.29, 0.717) is 22.3 Å². The van der Waals surface area contributed by atoms with Crippen LogP contribution < -0.4 is 5.32 Å². The highest BCUT2D eigenvalue weighted by atomic mass is 32.2. The number of amides is 1. The van der Waals surface area contributed by atoms with Crippen molar-refractivity contribution >= 4 is 56.5 Å². The van der Waals surface area contributed by atoms with Crippen molar-refractivity contribution in [3.63, 3.8) is 0 Å². The van der Waals surface area contributed by atoms with Crippen LogP contribution in [0.1, 0.15) is 34.1 Å². The smallest absolute Gasteiger partial charge is 0.339 e. The van der Waals surface area contributed by atoms with Gasteiger partial charge in [-0.2, -0.15) is 0 Å². The summed E-state index contributed by atoms with van der Waals surface area (Å²) in [6.45, 7) is 2.29. The molecule has 3 aromatic heterocycles. The fourth-order valence-electron chi connectivity index (χ4n) is 4.01. The number of aromatic nitrogens is 4. The predicted molar refractivity (Wildman–Crippen MR) is 124 cm³/mol. The van der Waals surface area contributed by atoms with Crippen LogP contribution in [0.4, 0.5) is 5.69 Å². The number of para-hydroxylation sites is 1. The van der Waals surface area contributed by atoms with E-state index < -0.39 is 5.97 Å². The summed E-state index contributed by atoms with van der Waals surface area (Å²) in [5.74, 6) is 0.0613. The number of benzene rings is 1. The number of nitrogens with one attached hydrogen (secondary N) is 1. The van der Waals surface area contributed by atoms with Crippen molar-refractivity contribution in [2.45, 2.75) is 31.3 Å². The van der Waals surface area contributed by atoms with Gasteiger partial charge in [0.1, 0.15) is 11.2 Å². The normalized spacial score (nSPS) is 15.6. The van der Waals surface area contributed by atoms with E-state index in [1.165, 1.54) is 35.7 Å². The van der Waals surface area contributed by atoms with Gasteiger partial charge < -0.3 is 10.1 Å². The molecule has 1 aromatic carbocycles. The summed E-state index contributed by atoms with van der Waals surface area (Å²) in [7, 11) is 1.31. The molecule has 8 nitrogen and oxygen atoms in total. The number of fused-ring (bicyclic) bond motifs is 5. The number of anilines is 1. The van der Waals surface area contributed by atoms with Gasteiger partial charge >= 0.3 is 5.97 Å². The van der Waals surface area contributed by atoms with Gasteiger partial charge in [-0.1, -0.05) is 30.8 Å². The summed E-state index contributed by atoms with van der Waals surface area (Å²) in [4.78, 5) is 31.5. The number of nitrogens with zero attached hydrogens (tertiary/aromatic N) is 4. The van der Waals surface area contributed by atoms with Gasteiger partial charge in [-0.05, 0) is 42.9 Å². The first-order chi connectivity index (χ1) is 15.5. The fourth-order valence-corrected chi connectivity index (χ4v) is 6.06. The molecule has 0 saturated heterocycles. The van der Waals surface area contributed by atoms with Crippen molar-refractivity contribution in [1.82, 2.24) is 19.6 Å². The lowest BCUT2D eigenvalue weighted by atomic mass is 9.89. The Balaban J connectivity index is 1.36. The predicted octanol–water partition coefficient (Wildman–Crippen LogP) is 3.98. The lowest BCUT2D eigenvalue weighted by Gasteiger charge is -2.17. The number of thiophene rings is 1. The number of thioether (sulfide) groups is 1. The zero-order valence-corrected chi connectivity index (χ0v) is 19.3. The molecule has 0 saturated carbocycles. The minimum atomic E-state index is -0.499. The molecule has 1 aliphatic rings. The number of rotatable bonds is 5. The van der Waals surface area contributed by atoms with Gasteiger partial charge in [0.05, 0.1) is 29.5 Å². The third kappa shape index (κ3) is 3.73.